The molecule has 0 bridgehead atoms. The molecule has 3 rings (SSSR count). The van der Waals surface area contributed by atoms with Crippen LogP contribution in [0, 0.1) is 13.8 Å². The highest BCUT2D eigenvalue weighted by Gasteiger charge is 2.31. The fourth-order valence-corrected chi connectivity index (χ4v) is 3.30. The molecule has 0 saturated carbocycles. The van der Waals surface area contributed by atoms with Gasteiger partial charge in [0.05, 0.1) is 6.26 Å². The van der Waals surface area contributed by atoms with Gasteiger partial charge in [-0.2, -0.15) is 0 Å². The largest absolute Gasteiger partial charge is 0.484 e. The molecule has 0 radical (unpaired) electrons. The molecule has 2 unspecified atom stereocenters. The summed E-state index contributed by atoms with van der Waals surface area (Å²) in [6, 6.07) is 9.37. The van der Waals surface area contributed by atoms with Crippen LogP contribution in [0.1, 0.15) is 42.3 Å². The lowest BCUT2D eigenvalue weighted by Gasteiger charge is -2.26. The standard InChI is InChI=1S/C20H25NO4/c1-14-7-8-17(11-15(14)2)25-13-20(23)21-9-3-5-16(21)12-18(22)19-6-4-10-24-19/h4,6-8,10-11,16,18,22H,3,5,9,12-13H2,1-2H3. The lowest BCUT2D eigenvalue weighted by Crippen LogP contribution is -2.39. The summed E-state index contributed by atoms with van der Waals surface area (Å²) < 4.78 is 10.9. The van der Waals surface area contributed by atoms with Crippen LogP contribution in [0.5, 0.6) is 5.75 Å². The van der Waals surface area contributed by atoms with Crippen LogP contribution < -0.4 is 4.74 Å². The Balaban J connectivity index is 1.56. The lowest BCUT2D eigenvalue weighted by atomic mass is 10.1. The van der Waals surface area contributed by atoms with Crippen LogP contribution in [0.25, 0.3) is 0 Å². The number of aliphatic hydroxyl groups is 1. The van der Waals surface area contributed by atoms with E-state index in [-0.39, 0.29) is 18.6 Å². The van der Waals surface area contributed by atoms with Crippen LogP contribution in [0.2, 0.25) is 0 Å². The number of rotatable bonds is 6. The first-order valence-corrected chi connectivity index (χ1v) is 8.75. The normalized spacial score (nSPS) is 18.4. The Kier molecular flexibility index (Phi) is 5.43. The van der Waals surface area contributed by atoms with E-state index in [1.165, 1.54) is 5.56 Å². The summed E-state index contributed by atoms with van der Waals surface area (Å²) >= 11 is 0. The molecule has 1 aromatic heterocycles. The van der Waals surface area contributed by atoms with Gasteiger partial charge >= 0.3 is 0 Å². The zero-order chi connectivity index (χ0) is 17.8. The van der Waals surface area contributed by atoms with E-state index in [9.17, 15) is 9.90 Å². The SMILES string of the molecule is Cc1ccc(OCC(=O)N2CCCC2CC(O)c2ccco2)cc1C. The Morgan fingerprint density at radius 2 is 2.20 bits per heavy atom. The van der Waals surface area contributed by atoms with Crippen molar-refractivity contribution in [3.63, 3.8) is 0 Å². The number of amides is 1. The fraction of sp³-hybridized carbons (Fsp3) is 0.450. The minimum atomic E-state index is -0.686. The highest BCUT2D eigenvalue weighted by molar-refractivity contribution is 5.78. The molecule has 5 nitrogen and oxygen atoms in total. The molecule has 2 aromatic rings. The molecular weight excluding hydrogens is 318 g/mol. The van der Waals surface area contributed by atoms with Crippen molar-refractivity contribution in [3.05, 3.63) is 53.5 Å². The molecule has 1 aromatic carbocycles. The Bertz CT molecular complexity index is 710. The molecule has 0 aliphatic carbocycles. The molecule has 1 amide bonds. The van der Waals surface area contributed by atoms with Gasteiger partial charge in [0.25, 0.3) is 5.91 Å². The minimum Gasteiger partial charge on any atom is -0.484 e. The number of aryl methyl sites for hydroxylation is 2. The van der Waals surface area contributed by atoms with Gasteiger partial charge in [0.2, 0.25) is 0 Å². The van der Waals surface area contributed by atoms with Crippen molar-refractivity contribution in [3.8, 4) is 5.75 Å². The van der Waals surface area contributed by atoms with Crippen LogP contribution in [0.15, 0.2) is 41.0 Å². The maximum atomic E-state index is 12.5. The first-order valence-electron chi connectivity index (χ1n) is 8.75. The van der Waals surface area contributed by atoms with E-state index in [4.69, 9.17) is 9.15 Å². The highest BCUT2D eigenvalue weighted by atomic mass is 16.5. The van der Waals surface area contributed by atoms with Crippen LogP contribution >= 0.6 is 0 Å². The summed E-state index contributed by atoms with van der Waals surface area (Å²) in [6.45, 7) is 4.81. The molecule has 5 heteroatoms. The number of furan rings is 1. The number of carbonyl (C=O) groups is 1. The van der Waals surface area contributed by atoms with E-state index in [1.54, 1.807) is 18.4 Å². The van der Waals surface area contributed by atoms with Crippen molar-refractivity contribution in [1.82, 2.24) is 4.90 Å². The molecule has 2 heterocycles. The second-order valence-corrected chi connectivity index (χ2v) is 6.68. The van der Waals surface area contributed by atoms with Gasteiger partial charge < -0.3 is 19.2 Å². The van der Waals surface area contributed by atoms with Gasteiger partial charge in [-0.3, -0.25) is 4.79 Å². The number of benzene rings is 1. The maximum absolute atomic E-state index is 12.5. The van der Waals surface area contributed by atoms with Crippen LogP contribution in [-0.2, 0) is 4.79 Å². The van der Waals surface area contributed by atoms with Gasteiger partial charge in [-0.05, 0) is 62.1 Å². The average Bonchev–Trinajstić information content (AvgIpc) is 3.27. The number of likely N-dealkylation sites (tertiary alicyclic amines) is 1. The molecule has 0 spiro atoms. The van der Waals surface area contributed by atoms with Gasteiger partial charge in [-0.1, -0.05) is 6.07 Å². The van der Waals surface area contributed by atoms with Gasteiger partial charge in [0, 0.05) is 19.0 Å². The highest BCUT2D eigenvalue weighted by Crippen LogP contribution is 2.28. The predicted molar refractivity (Wildman–Crippen MR) is 94.4 cm³/mol. The van der Waals surface area contributed by atoms with Crippen molar-refractivity contribution in [2.75, 3.05) is 13.2 Å². The van der Waals surface area contributed by atoms with E-state index >= 15 is 0 Å². The van der Waals surface area contributed by atoms with Crippen molar-refractivity contribution in [1.29, 1.82) is 0 Å². The quantitative estimate of drug-likeness (QED) is 0.873. The summed E-state index contributed by atoms with van der Waals surface area (Å²) in [4.78, 5) is 14.4. The van der Waals surface area contributed by atoms with E-state index in [0.717, 1.165) is 18.4 Å². The van der Waals surface area contributed by atoms with Gasteiger partial charge in [-0.15, -0.1) is 0 Å². The fourth-order valence-electron chi connectivity index (χ4n) is 3.30. The molecule has 134 valence electrons. The topological polar surface area (TPSA) is 62.9 Å². The van der Waals surface area contributed by atoms with Crippen molar-refractivity contribution >= 4 is 5.91 Å². The number of nitrogens with zero attached hydrogens (tertiary/aromatic N) is 1. The summed E-state index contributed by atoms with van der Waals surface area (Å²) in [7, 11) is 0. The zero-order valence-electron chi connectivity index (χ0n) is 14.8. The van der Waals surface area contributed by atoms with Crippen molar-refractivity contribution < 1.29 is 19.1 Å². The number of ether oxygens (including phenoxy) is 1. The molecule has 2 atom stereocenters. The van der Waals surface area contributed by atoms with Gasteiger partial charge in [0.1, 0.15) is 17.6 Å². The van der Waals surface area contributed by atoms with E-state index < -0.39 is 6.10 Å². The molecular formula is C20H25NO4. The second-order valence-electron chi connectivity index (χ2n) is 6.68. The average molecular weight is 343 g/mol. The maximum Gasteiger partial charge on any atom is 0.260 e. The van der Waals surface area contributed by atoms with E-state index in [2.05, 4.69) is 0 Å². The number of hydrogen-bond acceptors (Lipinski definition) is 4. The smallest absolute Gasteiger partial charge is 0.260 e. The van der Waals surface area contributed by atoms with E-state index in [0.29, 0.717) is 24.5 Å². The molecule has 1 saturated heterocycles. The Morgan fingerprint density at radius 3 is 2.92 bits per heavy atom. The van der Waals surface area contributed by atoms with Crippen LogP contribution in [-0.4, -0.2) is 35.1 Å². The Hall–Kier alpha value is -2.27. The summed E-state index contributed by atoms with van der Waals surface area (Å²) in [5.74, 6) is 1.22. The monoisotopic (exact) mass is 343 g/mol. The predicted octanol–water partition coefficient (Wildman–Crippen LogP) is 3.39. The summed E-state index contributed by atoms with van der Waals surface area (Å²) in [5, 5.41) is 10.3. The third-order valence-corrected chi connectivity index (χ3v) is 4.91. The first-order chi connectivity index (χ1) is 12.0. The molecule has 1 N–H and O–H groups in total. The number of hydrogen-bond donors (Lipinski definition) is 1. The minimum absolute atomic E-state index is 0.0237. The van der Waals surface area contributed by atoms with Crippen LogP contribution in [0.3, 0.4) is 0 Å². The molecule has 25 heavy (non-hydrogen) atoms. The van der Waals surface area contributed by atoms with Crippen LogP contribution in [0.4, 0.5) is 0 Å². The molecule has 1 fully saturated rings. The summed E-state index contributed by atoms with van der Waals surface area (Å²) in [5.41, 5.74) is 2.34. The van der Waals surface area contributed by atoms with Gasteiger partial charge in [0.15, 0.2) is 6.61 Å². The Labute approximate surface area is 148 Å². The first kappa shape index (κ1) is 17.5. The molecule has 1 aliphatic rings. The summed E-state index contributed by atoms with van der Waals surface area (Å²) in [6.07, 6.45) is 3.20. The number of aliphatic hydroxyl groups excluding tert-OH is 1. The Morgan fingerprint density at radius 1 is 1.36 bits per heavy atom. The van der Waals surface area contributed by atoms with Crippen molar-refractivity contribution in [2.45, 2.75) is 45.3 Å². The number of carbonyl (C=O) groups excluding carboxylic acids is 1. The third-order valence-electron chi connectivity index (χ3n) is 4.91. The third kappa shape index (κ3) is 4.23. The van der Waals surface area contributed by atoms with Gasteiger partial charge in [-0.25, -0.2) is 0 Å². The van der Waals surface area contributed by atoms with E-state index in [1.807, 2.05) is 36.9 Å². The second kappa shape index (κ2) is 7.74. The molecule has 1 aliphatic heterocycles. The van der Waals surface area contributed by atoms with Crippen molar-refractivity contribution in [2.24, 2.45) is 0 Å². The lowest BCUT2D eigenvalue weighted by molar-refractivity contribution is -0.134. The zero-order valence-corrected chi connectivity index (χ0v) is 14.8.